The van der Waals surface area contributed by atoms with Crippen LogP contribution in [0.25, 0.3) is 0 Å². The van der Waals surface area contributed by atoms with Crippen molar-refractivity contribution in [1.82, 2.24) is 0 Å². The van der Waals surface area contributed by atoms with Crippen molar-refractivity contribution in [3.8, 4) is 0 Å². The lowest BCUT2D eigenvalue weighted by Gasteiger charge is -2.22. The summed E-state index contributed by atoms with van der Waals surface area (Å²) < 4.78 is 43.4. The zero-order chi connectivity index (χ0) is 16.3. The van der Waals surface area contributed by atoms with Gasteiger partial charge in [-0.05, 0) is 32.4 Å². The number of hydrogen-bond donors (Lipinski definition) is 0. The summed E-state index contributed by atoms with van der Waals surface area (Å²) in [6.07, 6.45) is -4.36. The molecule has 0 N–H and O–H groups in total. The van der Waals surface area contributed by atoms with Crippen LogP contribution < -0.4 is 0 Å². The fraction of sp³-hybridized carbons (Fsp3) is 0.533. The molecular weight excluding hydrogens is 349 g/mol. The van der Waals surface area contributed by atoms with Gasteiger partial charge in [0.1, 0.15) is 5.60 Å². The molecule has 0 bridgehead atoms. The Morgan fingerprint density at radius 2 is 1.90 bits per heavy atom. The number of rotatable bonds is 4. The molecule has 0 heterocycles. The molecule has 0 aliphatic rings. The molecule has 0 fully saturated rings. The zero-order valence-electron chi connectivity index (χ0n) is 12.1. The minimum atomic E-state index is -4.39. The maximum atomic E-state index is 12.7. The van der Waals surface area contributed by atoms with Crippen molar-refractivity contribution in [2.24, 2.45) is 0 Å². The summed E-state index contributed by atoms with van der Waals surface area (Å²) in [4.78, 5) is 11.8. The second-order valence-corrected chi connectivity index (χ2v) is 6.41. The summed E-state index contributed by atoms with van der Waals surface area (Å²) in [5, 5.41) is 0.382. The number of esters is 1. The third-order valence-electron chi connectivity index (χ3n) is 2.70. The third-order valence-corrected chi connectivity index (χ3v) is 3.49. The number of carbonyl (C=O) groups is 1. The predicted molar refractivity (Wildman–Crippen MR) is 78.4 cm³/mol. The highest BCUT2D eigenvalue weighted by Gasteiger charge is 2.31. The molecule has 2 nitrogen and oxygen atoms in total. The molecule has 0 amide bonds. The zero-order valence-corrected chi connectivity index (χ0v) is 13.7. The summed E-state index contributed by atoms with van der Waals surface area (Å²) in [5.41, 5.74) is -0.857. The average Bonchev–Trinajstić information content (AvgIpc) is 2.33. The van der Waals surface area contributed by atoms with Crippen molar-refractivity contribution in [1.29, 1.82) is 0 Å². The van der Waals surface area contributed by atoms with Crippen LogP contribution in [0.15, 0.2) is 24.3 Å². The molecule has 21 heavy (non-hydrogen) atoms. The normalized spacial score (nSPS) is 13.9. The number of halogens is 4. The first-order chi connectivity index (χ1) is 9.53. The number of benzene rings is 1. The molecule has 1 unspecified atom stereocenters. The molecule has 0 aliphatic heterocycles. The Bertz CT molecular complexity index is 492. The summed E-state index contributed by atoms with van der Waals surface area (Å²) in [7, 11) is 0. The molecule has 0 aliphatic carbocycles. The van der Waals surface area contributed by atoms with E-state index in [4.69, 9.17) is 4.74 Å². The molecule has 1 aromatic rings. The van der Waals surface area contributed by atoms with Gasteiger partial charge in [0.05, 0.1) is 12.0 Å². The van der Waals surface area contributed by atoms with Gasteiger partial charge in [0.2, 0.25) is 0 Å². The maximum absolute atomic E-state index is 12.7. The van der Waals surface area contributed by atoms with Crippen LogP contribution in [-0.2, 0) is 15.7 Å². The first-order valence-electron chi connectivity index (χ1n) is 6.48. The third kappa shape index (κ3) is 6.08. The van der Waals surface area contributed by atoms with E-state index >= 15 is 0 Å². The summed E-state index contributed by atoms with van der Waals surface area (Å²) in [5.74, 6) is -0.786. The van der Waals surface area contributed by atoms with Gasteiger partial charge >= 0.3 is 12.1 Å². The molecule has 1 aromatic carbocycles. The van der Waals surface area contributed by atoms with Crippen LogP contribution >= 0.6 is 15.9 Å². The molecule has 1 rings (SSSR count). The Hall–Kier alpha value is -1.04. The molecule has 6 heteroatoms. The van der Waals surface area contributed by atoms with E-state index in [-0.39, 0.29) is 12.3 Å². The fourth-order valence-corrected chi connectivity index (χ4v) is 2.42. The summed E-state index contributed by atoms with van der Waals surface area (Å²) in [6, 6.07) is 5.03. The van der Waals surface area contributed by atoms with Gasteiger partial charge in [-0.25, -0.2) is 0 Å². The highest BCUT2D eigenvalue weighted by Crippen LogP contribution is 2.32. The SMILES string of the molecule is CC(C)(C)OC(=O)CC(CBr)c1cccc(C(F)(F)F)c1. The van der Waals surface area contributed by atoms with E-state index in [0.29, 0.717) is 10.9 Å². The summed E-state index contributed by atoms with van der Waals surface area (Å²) in [6.45, 7) is 5.24. The molecule has 0 saturated heterocycles. The van der Waals surface area contributed by atoms with E-state index < -0.39 is 23.3 Å². The Labute approximate surface area is 130 Å². The molecule has 0 spiro atoms. The summed E-state index contributed by atoms with van der Waals surface area (Å²) >= 11 is 3.25. The van der Waals surface area contributed by atoms with Crippen LogP contribution in [0.4, 0.5) is 13.2 Å². The number of alkyl halides is 4. The molecule has 0 radical (unpaired) electrons. The van der Waals surface area contributed by atoms with Gasteiger partial charge in [0, 0.05) is 11.2 Å². The van der Waals surface area contributed by atoms with Crippen LogP contribution in [0.2, 0.25) is 0 Å². The second-order valence-electron chi connectivity index (χ2n) is 5.77. The van der Waals surface area contributed by atoms with Gasteiger partial charge in [-0.15, -0.1) is 0 Å². The Kier molecular flexibility index (Phi) is 5.84. The van der Waals surface area contributed by atoms with Gasteiger partial charge < -0.3 is 4.74 Å². The molecular formula is C15H18BrF3O2. The first-order valence-corrected chi connectivity index (χ1v) is 7.60. The van der Waals surface area contributed by atoms with E-state index in [1.807, 2.05) is 0 Å². The lowest BCUT2D eigenvalue weighted by molar-refractivity contribution is -0.155. The van der Waals surface area contributed by atoms with Crippen molar-refractivity contribution in [2.45, 2.75) is 44.9 Å². The lowest BCUT2D eigenvalue weighted by Crippen LogP contribution is -2.25. The smallest absolute Gasteiger partial charge is 0.416 e. The second kappa shape index (κ2) is 6.81. The quantitative estimate of drug-likeness (QED) is 0.558. The van der Waals surface area contributed by atoms with Crippen LogP contribution in [0.5, 0.6) is 0 Å². The van der Waals surface area contributed by atoms with Crippen LogP contribution in [-0.4, -0.2) is 16.9 Å². The Morgan fingerprint density at radius 3 is 2.38 bits per heavy atom. The number of ether oxygens (including phenoxy) is 1. The topological polar surface area (TPSA) is 26.3 Å². The molecule has 0 aromatic heterocycles. The average molecular weight is 367 g/mol. The standard InChI is InChI=1S/C15H18BrF3O2/c1-14(2,3)21-13(20)8-11(9-16)10-5-4-6-12(7-10)15(17,18)19/h4-7,11H,8-9H2,1-3H3. The van der Waals surface area contributed by atoms with Crippen molar-refractivity contribution in [3.63, 3.8) is 0 Å². The van der Waals surface area contributed by atoms with Crippen molar-refractivity contribution < 1.29 is 22.7 Å². The van der Waals surface area contributed by atoms with Crippen molar-refractivity contribution in [2.75, 3.05) is 5.33 Å². The maximum Gasteiger partial charge on any atom is 0.416 e. The number of hydrogen-bond acceptors (Lipinski definition) is 2. The largest absolute Gasteiger partial charge is 0.460 e. The van der Waals surface area contributed by atoms with E-state index in [1.165, 1.54) is 6.07 Å². The van der Waals surface area contributed by atoms with Crippen LogP contribution in [0.3, 0.4) is 0 Å². The van der Waals surface area contributed by atoms with Gasteiger partial charge in [-0.1, -0.05) is 34.1 Å². The predicted octanol–water partition coefficient (Wildman–Crippen LogP) is 4.92. The van der Waals surface area contributed by atoms with Gasteiger partial charge in [-0.2, -0.15) is 13.2 Å². The van der Waals surface area contributed by atoms with Gasteiger partial charge in [0.25, 0.3) is 0 Å². The van der Waals surface area contributed by atoms with E-state index in [1.54, 1.807) is 26.8 Å². The highest BCUT2D eigenvalue weighted by molar-refractivity contribution is 9.09. The van der Waals surface area contributed by atoms with Crippen molar-refractivity contribution >= 4 is 21.9 Å². The highest BCUT2D eigenvalue weighted by atomic mass is 79.9. The van der Waals surface area contributed by atoms with E-state index in [0.717, 1.165) is 12.1 Å². The van der Waals surface area contributed by atoms with Crippen LogP contribution in [0, 0.1) is 0 Å². The van der Waals surface area contributed by atoms with E-state index in [2.05, 4.69) is 15.9 Å². The molecule has 1 atom stereocenters. The molecule has 118 valence electrons. The molecule has 0 saturated carbocycles. The monoisotopic (exact) mass is 366 g/mol. The van der Waals surface area contributed by atoms with Gasteiger partial charge in [0.15, 0.2) is 0 Å². The van der Waals surface area contributed by atoms with Crippen LogP contribution in [0.1, 0.15) is 44.2 Å². The van der Waals surface area contributed by atoms with Crippen molar-refractivity contribution in [3.05, 3.63) is 35.4 Å². The van der Waals surface area contributed by atoms with Gasteiger partial charge in [-0.3, -0.25) is 4.79 Å². The minimum Gasteiger partial charge on any atom is -0.460 e. The van der Waals surface area contributed by atoms with E-state index in [9.17, 15) is 18.0 Å². The lowest BCUT2D eigenvalue weighted by atomic mass is 9.96. The fourth-order valence-electron chi connectivity index (χ4n) is 1.81. The first kappa shape index (κ1) is 18.0. The number of carbonyl (C=O) groups excluding carboxylic acids is 1. The Morgan fingerprint density at radius 1 is 1.29 bits per heavy atom. The Balaban J connectivity index is 2.88. The minimum absolute atomic E-state index is 0.0316.